The minimum Gasteiger partial charge on any atom is -0.360 e. The van der Waals surface area contributed by atoms with Gasteiger partial charge in [0.15, 0.2) is 22.9 Å². The average Bonchev–Trinajstić information content (AvgIpc) is 4.18. The Morgan fingerprint density at radius 3 is 2.04 bits per heavy atom. The SMILES string of the molecule is Cc1cn2c(-c3cn[nH]c3)cnc2c(Nc2cc(CNC3CCCCC3)cs2)n1.Cc1cn2c(-c3cnn(COCC[Si](C)(C)C)c3)cnc2c(Nc2cc(C(=O)NC3CCCCC3)cs2)n1. The fourth-order valence-electron chi connectivity index (χ4n) is 8.68. The summed E-state index contributed by atoms with van der Waals surface area (Å²) in [5.74, 6) is 1.42. The first-order valence-corrected chi connectivity index (χ1v) is 29.0. The summed E-state index contributed by atoms with van der Waals surface area (Å²) in [7, 11) is -1.11. The highest BCUT2D eigenvalue weighted by Gasteiger charge is 2.20. The second kappa shape index (κ2) is 21.1. The zero-order chi connectivity index (χ0) is 46.3. The van der Waals surface area contributed by atoms with E-state index in [9.17, 15) is 4.79 Å². The largest absolute Gasteiger partial charge is 0.360 e. The van der Waals surface area contributed by atoms with Crippen molar-refractivity contribution >= 4 is 69.6 Å². The monoisotopic (exact) mass is 958 g/mol. The summed E-state index contributed by atoms with van der Waals surface area (Å²) in [6.45, 7) is 13.1. The van der Waals surface area contributed by atoms with Crippen molar-refractivity contribution in [3.63, 3.8) is 0 Å². The lowest BCUT2D eigenvalue weighted by molar-refractivity contribution is 0.0786. The highest BCUT2D eigenvalue weighted by molar-refractivity contribution is 7.14. The second-order valence-electron chi connectivity index (χ2n) is 19.0. The minimum atomic E-state index is -1.11. The predicted molar refractivity (Wildman–Crippen MR) is 272 cm³/mol. The van der Waals surface area contributed by atoms with Crippen molar-refractivity contribution in [2.45, 2.75) is 129 Å². The Morgan fingerprint density at radius 1 is 0.776 bits per heavy atom. The molecule has 19 heteroatoms. The molecule has 0 bridgehead atoms. The fourth-order valence-corrected chi connectivity index (χ4v) is 11.0. The second-order valence-corrected chi connectivity index (χ2v) is 26.5. The minimum absolute atomic E-state index is 0.00637. The summed E-state index contributed by atoms with van der Waals surface area (Å²) in [4.78, 5) is 31.4. The van der Waals surface area contributed by atoms with Crippen LogP contribution in [0.25, 0.3) is 33.8 Å². The quantitative estimate of drug-likeness (QED) is 0.0459. The van der Waals surface area contributed by atoms with Crippen molar-refractivity contribution < 1.29 is 9.53 Å². The van der Waals surface area contributed by atoms with Crippen molar-refractivity contribution in [3.8, 4) is 22.5 Å². The van der Waals surface area contributed by atoms with Crippen LogP contribution in [-0.2, 0) is 18.0 Å². The van der Waals surface area contributed by atoms with Crippen LogP contribution in [0.1, 0.15) is 91.5 Å². The molecule has 0 radical (unpaired) electrons. The van der Waals surface area contributed by atoms with E-state index in [0.717, 1.165) is 87.4 Å². The van der Waals surface area contributed by atoms with E-state index in [1.54, 1.807) is 17.5 Å². The third kappa shape index (κ3) is 11.9. The van der Waals surface area contributed by atoms with Gasteiger partial charge in [0.25, 0.3) is 5.91 Å². The van der Waals surface area contributed by atoms with Gasteiger partial charge in [0, 0.05) is 74.6 Å². The number of rotatable bonds is 16. The smallest absolute Gasteiger partial charge is 0.252 e. The molecular weight excluding hydrogens is 897 g/mol. The van der Waals surface area contributed by atoms with Crippen molar-refractivity contribution in [2.75, 3.05) is 17.2 Å². The highest BCUT2D eigenvalue weighted by Crippen LogP contribution is 2.31. The van der Waals surface area contributed by atoms with Gasteiger partial charge in [0.2, 0.25) is 0 Å². The number of ether oxygens (including phenoxy) is 1. The van der Waals surface area contributed by atoms with E-state index in [1.165, 1.54) is 68.3 Å². The maximum absolute atomic E-state index is 12.8. The number of amides is 1. The van der Waals surface area contributed by atoms with E-state index < -0.39 is 8.07 Å². The average molecular weight is 959 g/mol. The lowest BCUT2D eigenvalue weighted by atomic mass is 9.95. The molecule has 16 nitrogen and oxygen atoms in total. The van der Waals surface area contributed by atoms with Crippen LogP contribution in [0.3, 0.4) is 0 Å². The van der Waals surface area contributed by atoms with Gasteiger partial charge in [-0.3, -0.25) is 18.7 Å². The molecule has 2 fully saturated rings. The number of hydrogen-bond donors (Lipinski definition) is 5. The van der Waals surface area contributed by atoms with Crippen molar-refractivity contribution in [1.82, 2.24) is 59.3 Å². The first-order chi connectivity index (χ1) is 32.5. The number of anilines is 4. The van der Waals surface area contributed by atoms with Crippen LogP contribution < -0.4 is 21.3 Å². The zero-order valence-corrected chi connectivity index (χ0v) is 41.8. The van der Waals surface area contributed by atoms with Gasteiger partial charge < -0.3 is 26.0 Å². The number of fused-ring (bicyclic) bond motifs is 2. The number of aryl methyl sites for hydroxylation is 2. The van der Waals surface area contributed by atoms with Crippen LogP contribution in [0.15, 0.2) is 72.5 Å². The Labute approximate surface area is 400 Å². The Bertz CT molecular complexity index is 2880. The molecule has 8 heterocycles. The van der Waals surface area contributed by atoms with E-state index in [0.29, 0.717) is 29.8 Å². The lowest BCUT2D eigenvalue weighted by Crippen LogP contribution is -2.35. The summed E-state index contributed by atoms with van der Waals surface area (Å²) in [5, 5.41) is 31.2. The molecule has 67 heavy (non-hydrogen) atoms. The number of carbonyl (C=O) groups excluding carboxylic acids is 1. The van der Waals surface area contributed by atoms with E-state index >= 15 is 0 Å². The molecule has 352 valence electrons. The molecule has 0 atom stereocenters. The van der Waals surface area contributed by atoms with E-state index in [2.05, 4.69) is 82.0 Å². The number of H-pyrrole nitrogens is 1. The van der Waals surface area contributed by atoms with Crippen LogP contribution in [0.2, 0.25) is 25.7 Å². The Hall–Kier alpha value is -5.73. The zero-order valence-electron chi connectivity index (χ0n) is 39.1. The summed E-state index contributed by atoms with van der Waals surface area (Å²) in [6.07, 6.45) is 27.7. The number of aromatic amines is 1. The third-order valence-corrected chi connectivity index (χ3v) is 15.8. The molecule has 1 amide bonds. The van der Waals surface area contributed by atoms with E-state index in [1.807, 2.05) is 77.8 Å². The summed E-state index contributed by atoms with van der Waals surface area (Å²) >= 11 is 3.20. The summed E-state index contributed by atoms with van der Waals surface area (Å²) in [6, 6.07) is 6.19. The molecule has 5 N–H and O–H groups in total. The van der Waals surface area contributed by atoms with Gasteiger partial charge >= 0.3 is 0 Å². The van der Waals surface area contributed by atoms with E-state index in [-0.39, 0.29) is 11.9 Å². The van der Waals surface area contributed by atoms with Gasteiger partial charge in [-0.25, -0.2) is 24.6 Å². The lowest BCUT2D eigenvalue weighted by Gasteiger charge is -2.22. The van der Waals surface area contributed by atoms with E-state index in [4.69, 9.17) is 14.7 Å². The first-order valence-electron chi connectivity index (χ1n) is 23.5. The number of aromatic nitrogens is 10. The topological polar surface area (TPSA) is 181 Å². The number of hydrogen-bond acceptors (Lipinski definition) is 13. The first kappa shape index (κ1) is 46.4. The van der Waals surface area contributed by atoms with Crippen LogP contribution in [0.5, 0.6) is 0 Å². The third-order valence-electron chi connectivity index (χ3n) is 12.3. The van der Waals surface area contributed by atoms with Crippen LogP contribution >= 0.6 is 22.7 Å². The van der Waals surface area contributed by atoms with Crippen molar-refractivity contribution in [1.29, 1.82) is 0 Å². The number of imidazole rings is 2. The Balaban J connectivity index is 0.000000174. The van der Waals surface area contributed by atoms with Crippen LogP contribution in [0.4, 0.5) is 21.6 Å². The highest BCUT2D eigenvalue weighted by atomic mass is 32.1. The van der Waals surface area contributed by atoms with Crippen LogP contribution in [0, 0.1) is 13.8 Å². The molecule has 0 aromatic carbocycles. The predicted octanol–water partition coefficient (Wildman–Crippen LogP) is 10.7. The molecule has 0 unspecified atom stereocenters. The normalized spacial score (nSPS) is 14.9. The number of thiophene rings is 2. The maximum atomic E-state index is 12.8. The number of nitrogens with zero attached hydrogens (tertiary/aromatic N) is 9. The van der Waals surface area contributed by atoms with Gasteiger partial charge in [-0.1, -0.05) is 58.2 Å². The molecule has 8 aromatic heterocycles. The fraction of sp³-hybridized carbons (Fsp3) is 0.438. The molecule has 2 aliphatic carbocycles. The van der Waals surface area contributed by atoms with Crippen molar-refractivity contribution in [3.05, 3.63) is 95.0 Å². The molecule has 10 rings (SSSR count). The maximum Gasteiger partial charge on any atom is 0.252 e. The molecule has 0 saturated heterocycles. The van der Waals surface area contributed by atoms with Crippen LogP contribution in [-0.4, -0.2) is 81.4 Å². The molecule has 8 aromatic rings. The summed E-state index contributed by atoms with van der Waals surface area (Å²) in [5.41, 5.74) is 9.18. The standard InChI is InChI=1S/C27H37N7O2SSi.C21H25N7S/c1-19-15-34-23(21-13-29-33(16-21)18-36-10-11-38(2,3)4)14-28-26(34)25(30-19)32-24-12-20(17-37-24)27(35)31-22-8-6-5-7-9-22;1-14-12-28-18(16-9-24-25-10-16)11-23-21(28)20(26-14)27-19-7-15(13-29-19)8-22-17-5-3-2-4-6-17/h12-17,22H,5-11,18H2,1-4H3,(H,30,32)(H,31,35);7,9-13,17,22H,2-6,8H2,1H3,(H,24,25)(H,26,27). The Kier molecular flexibility index (Phi) is 14.6. The summed E-state index contributed by atoms with van der Waals surface area (Å²) < 4.78 is 11.8. The molecular formula is C48H62N14O2S2Si. The van der Waals surface area contributed by atoms with Crippen molar-refractivity contribution in [2.24, 2.45) is 0 Å². The molecule has 0 aliphatic heterocycles. The number of nitrogens with one attached hydrogen (secondary N) is 5. The molecule has 0 spiro atoms. The molecule has 2 aliphatic rings. The number of carbonyl (C=O) groups is 1. The van der Waals surface area contributed by atoms with Gasteiger partial charge in [0.05, 0.1) is 63.1 Å². The van der Waals surface area contributed by atoms with Gasteiger partial charge in [0.1, 0.15) is 6.73 Å². The Morgan fingerprint density at radius 2 is 1.40 bits per heavy atom. The van der Waals surface area contributed by atoms with Gasteiger partial charge in [-0.05, 0) is 68.7 Å². The van der Waals surface area contributed by atoms with Gasteiger partial charge in [-0.15, -0.1) is 22.7 Å². The van der Waals surface area contributed by atoms with Gasteiger partial charge in [-0.2, -0.15) is 10.2 Å². The molecule has 2 saturated carbocycles.